The number of rotatable bonds is 8. The highest BCUT2D eigenvalue weighted by Crippen LogP contribution is 2.03. The summed E-state index contributed by atoms with van der Waals surface area (Å²) >= 11 is 0. The maximum absolute atomic E-state index is 12.1. The number of nitrogens with one attached hydrogen (secondary N) is 1. The number of amides is 3. The van der Waals surface area contributed by atoms with Crippen molar-refractivity contribution in [1.29, 1.82) is 0 Å². The molecule has 0 aliphatic rings. The zero-order valence-electron chi connectivity index (χ0n) is 12.4. The van der Waals surface area contributed by atoms with Crippen molar-refractivity contribution in [2.24, 2.45) is 5.73 Å². The molecule has 0 heterocycles. The maximum atomic E-state index is 12.1. The Labute approximate surface area is 118 Å². The molecule has 0 aliphatic heterocycles. The number of hydrogen-bond acceptors (Lipinski definition) is 4. The van der Waals surface area contributed by atoms with Crippen LogP contribution in [0.2, 0.25) is 0 Å². The van der Waals surface area contributed by atoms with E-state index in [0.717, 1.165) is 0 Å². The van der Waals surface area contributed by atoms with E-state index in [0.29, 0.717) is 13.1 Å². The smallest absolute Gasteiger partial charge is 0.326 e. The minimum atomic E-state index is -1.30. The van der Waals surface area contributed by atoms with Crippen LogP contribution in [0.5, 0.6) is 0 Å². The number of nitrogens with zero attached hydrogens (tertiary/aromatic N) is 2. The van der Waals surface area contributed by atoms with Gasteiger partial charge in [0, 0.05) is 19.1 Å². The normalized spacial score (nSPS) is 13.7. The molecule has 0 saturated carbocycles. The van der Waals surface area contributed by atoms with Gasteiger partial charge in [0.05, 0.1) is 6.42 Å². The van der Waals surface area contributed by atoms with Gasteiger partial charge in [0.2, 0.25) is 5.91 Å². The van der Waals surface area contributed by atoms with E-state index in [2.05, 4.69) is 5.32 Å². The second kappa shape index (κ2) is 8.36. The first-order valence-electron chi connectivity index (χ1n) is 6.42. The number of likely N-dealkylation sites (N-methyl/N-ethyl adjacent to an activating group) is 2. The van der Waals surface area contributed by atoms with Gasteiger partial charge in [-0.15, -0.1) is 0 Å². The third-order valence-corrected chi connectivity index (χ3v) is 2.76. The van der Waals surface area contributed by atoms with E-state index in [9.17, 15) is 14.4 Å². The Morgan fingerprint density at radius 2 is 1.85 bits per heavy atom. The van der Waals surface area contributed by atoms with E-state index in [-0.39, 0.29) is 6.04 Å². The van der Waals surface area contributed by atoms with Crippen LogP contribution in [0.1, 0.15) is 20.3 Å². The van der Waals surface area contributed by atoms with Gasteiger partial charge in [-0.3, -0.25) is 4.79 Å². The molecule has 0 bridgehead atoms. The average molecular weight is 288 g/mol. The molecule has 8 nitrogen and oxygen atoms in total. The fourth-order valence-electron chi connectivity index (χ4n) is 1.92. The molecule has 0 aromatic rings. The number of carboxylic acids is 1. The molecule has 2 unspecified atom stereocenters. The molecule has 0 aromatic heterocycles. The summed E-state index contributed by atoms with van der Waals surface area (Å²) in [5.41, 5.74) is 4.97. The summed E-state index contributed by atoms with van der Waals surface area (Å²) in [7, 11) is 3.77. The summed E-state index contributed by atoms with van der Waals surface area (Å²) in [6.07, 6.45) is -0.430. The summed E-state index contributed by atoms with van der Waals surface area (Å²) < 4.78 is 0. The highest BCUT2D eigenvalue weighted by Gasteiger charge is 2.26. The molecule has 3 amide bonds. The van der Waals surface area contributed by atoms with Crippen molar-refractivity contribution in [3.8, 4) is 0 Å². The monoisotopic (exact) mass is 288 g/mol. The summed E-state index contributed by atoms with van der Waals surface area (Å²) in [6, 6.07) is -1.91. The molecule has 4 N–H and O–H groups in total. The van der Waals surface area contributed by atoms with Crippen LogP contribution in [0.4, 0.5) is 4.79 Å². The van der Waals surface area contributed by atoms with E-state index in [4.69, 9.17) is 10.8 Å². The lowest BCUT2D eigenvalue weighted by atomic mass is 10.2. The van der Waals surface area contributed by atoms with Gasteiger partial charge in [0.15, 0.2) is 0 Å². The first kappa shape index (κ1) is 18.2. The molecule has 20 heavy (non-hydrogen) atoms. The first-order valence-corrected chi connectivity index (χ1v) is 6.42. The number of nitrogens with two attached hydrogens (primary N) is 1. The van der Waals surface area contributed by atoms with E-state index in [1.165, 1.54) is 4.90 Å². The van der Waals surface area contributed by atoms with Crippen LogP contribution in [0.15, 0.2) is 0 Å². The van der Waals surface area contributed by atoms with Crippen molar-refractivity contribution in [1.82, 2.24) is 15.1 Å². The molecular weight excluding hydrogens is 264 g/mol. The second-order valence-corrected chi connectivity index (χ2v) is 4.91. The Hall–Kier alpha value is -1.83. The quantitative estimate of drug-likeness (QED) is 0.546. The predicted molar refractivity (Wildman–Crippen MR) is 74.2 cm³/mol. The van der Waals surface area contributed by atoms with Gasteiger partial charge in [-0.2, -0.15) is 0 Å². The topological polar surface area (TPSA) is 116 Å². The number of urea groups is 1. The highest BCUT2D eigenvalue weighted by atomic mass is 16.4. The van der Waals surface area contributed by atoms with E-state index in [1.54, 1.807) is 6.92 Å². The number of hydrogen-bond donors (Lipinski definition) is 3. The standard InChI is InChI=1S/C12H24N4O4/c1-5-16(8(2)7-15(3)4)12(20)14-9(11(18)19)6-10(13)17/h8-9H,5-7H2,1-4H3,(H2,13,17)(H,14,20)(H,18,19). The van der Waals surface area contributed by atoms with Gasteiger partial charge < -0.3 is 26.0 Å². The lowest BCUT2D eigenvalue weighted by Gasteiger charge is -2.31. The zero-order valence-corrected chi connectivity index (χ0v) is 12.4. The van der Waals surface area contributed by atoms with E-state index < -0.39 is 30.4 Å². The summed E-state index contributed by atoms with van der Waals surface area (Å²) in [5.74, 6) is -2.06. The Bertz CT molecular complexity index is 359. The molecule has 116 valence electrons. The van der Waals surface area contributed by atoms with Gasteiger partial charge in [0.1, 0.15) is 6.04 Å². The number of aliphatic carboxylic acids is 1. The van der Waals surface area contributed by atoms with Gasteiger partial charge in [0.25, 0.3) is 0 Å². The predicted octanol–water partition coefficient (Wildman–Crippen LogP) is -0.703. The van der Waals surface area contributed by atoms with Crippen molar-refractivity contribution in [3.05, 3.63) is 0 Å². The van der Waals surface area contributed by atoms with Gasteiger partial charge in [-0.1, -0.05) is 0 Å². The maximum Gasteiger partial charge on any atom is 0.326 e. The van der Waals surface area contributed by atoms with Crippen molar-refractivity contribution < 1.29 is 19.5 Å². The fraction of sp³-hybridized carbons (Fsp3) is 0.750. The molecular formula is C12H24N4O4. The van der Waals surface area contributed by atoms with Crippen LogP contribution in [-0.2, 0) is 9.59 Å². The molecule has 2 atom stereocenters. The summed E-state index contributed by atoms with van der Waals surface area (Å²) in [5, 5.41) is 11.3. The Balaban J connectivity index is 4.74. The van der Waals surface area contributed by atoms with Gasteiger partial charge in [-0.05, 0) is 27.9 Å². The van der Waals surface area contributed by atoms with Crippen molar-refractivity contribution in [2.75, 3.05) is 27.2 Å². The number of primary amides is 1. The Kier molecular flexibility index (Phi) is 7.60. The molecule has 0 rings (SSSR count). The molecule has 0 radical (unpaired) electrons. The van der Waals surface area contributed by atoms with Crippen LogP contribution in [-0.4, -0.2) is 72.1 Å². The van der Waals surface area contributed by atoms with Crippen LogP contribution >= 0.6 is 0 Å². The number of carbonyl (C=O) groups is 3. The Morgan fingerprint density at radius 3 is 2.20 bits per heavy atom. The minimum absolute atomic E-state index is 0.0852. The summed E-state index contributed by atoms with van der Waals surface area (Å²) in [4.78, 5) is 37.3. The number of carbonyl (C=O) groups excluding carboxylic acids is 2. The summed E-state index contributed by atoms with van der Waals surface area (Å²) in [6.45, 7) is 4.75. The van der Waals surface area contributed by atoms with Crippen LogP contribution in [0, 0.1) is 0 Å². The molecule has 0 spiro atoms. The van der Waals surface area contributed by atoms with Crippen molar-refractivity contribution >= 4 is 17.9 Å². The third-order valence-electron chi connectivity index (χ3n) is 2.76. The van der Waals surface area contributed by atoms with Crippen LogP contribution in [0.25, 0.3) is 0 Å². The largest absolute Gasteiger partial charge is 0.480 e. The Morgan fingerprint density at radius 1 is 1.30 bits per heavy atom. The highest BCUT2D eigenvalue weighted by molar-refractivity contribution is 5.87. The van der Waals surface area contributed by atoms with Gasteiger partial charge in [-0.25, -0.2) is 9.59 Å². The van der Waals surface area contributed by atoms with Crippen LogP contribution in [0.3, 0.4) is 0 Å². The third kappa shape index (κ3) is 6.37. The van der Waals surface area contributed by atoms with Crippen LogP contribution < -0.4 is 11.1 Å². The van der Waals surface area contributed by atoms with Gasteiger partial charge >= 0.3 is 12.0 Å². The van der Waals surface area contributed by atoms with Crippen molar-refractivity contribution in [2.45, 2.75) is 32.4 Å². The molecule has 0 fully saturated rings. The first-order chi connectivity index (χ1) is 9.18. The van der Waals surface area contributed by atoms with E-state index >= 15 is 0 Å². The SMILES string of the molecule is CCN(C(=O)NC(CC(N)=O)C(=O)O)C(C)CN(C)C. The molecule has 8 heteroatoms. The van der Waals surface area contributed by atoms with E-state index in [1.807, 2.05) is 25.9 Å². The average Bonchev–Trinajstić information content (AvgIpc) is 2.26. The molecule has 0 aromatic carbocycles. The fourth-order valence-corrected chi connectivity index (χ4v) is 1.92. The molecule has 0 aliphatic carbocycles. The molecule has 0 saturated heterocycles. The minimum Gasteiger partial charge on any atom is -0.480 e. The lowest BCUT2D eigenvalue weighted by Crippen LogP contribution is -2.53. The lowest BCUT2D eigenvalue weighted by molar-refractivity contribution is -0.141. The second-order valence-electron chi connectivity index (χ2n) is 4.91. The van der Waals surface area contributed by atoms with Crippen molar-refractivity contribution in [3.63, 3.8) is 0 Å². The zero-order chi connectivity index (χ0) is 15.9. The number of carboxylic acid groups (broad SMARTS) is 1.